The first kappa shape index (κ1) is 15.3. The highest BCUT2D eigenvalue weighted by molar-refractivity contribution is 5.71. The first-order valence-corrected chi connectivity index (χ1v) is 7.03. The van der Waals surface area contributed by atoms with Crippen LogP contribution in [0.25, 0.3) is 11.3 Å². The summed E-state index contributed by atoms with van der Waals surface area (Å²) in [6.07, 6.45) is 0. The van der Waals surface area contributed by atoms with E-state index in [2.05, 4.69) is 35.1 Å². The smallest absolute Gasteiger partial charge is 0.130 e. The van der Waals surface area contributed by atoms with Crippen LogP contribution in [-0.2, 0) is 6.61 Å². The van der Waals surface area contributed by atoms with Gasteiger partial charge in [0.2, 0.25) is 0 Å². The van der Waals surface area contributed by atoms with Gasteiger partial charge in [0.15, 0.2) is 0 Å². The molecule has 0 fully saturated rings. The van der Waals surface area contributed by atoms with E-state index >= 15 is 0 Å². The summed E-state index contributed by atoms with van der Waals surface area (Å²) in [5.41, 5.74) is 4.41. The number of aromatic amines is 1. The Bertz CT molecular complexity index is 530. The summed E-state index contributed by atoms with van der Waals surface area (Å²) in [4.78, 5) is 7.70. The average Bonchev–Trinajstić information content (AvgIpc) is 2.83. The first-order chi connectivity index (χ1) is 9.24. The molecule has 2 heterocycles. The van der Waals surface area contributed by atoms with E-state index in [4.69, 9.17) is 4.74 Å². The summed E-state index contributed by atoms with van der Waals surface area (Å²) < 4.78 is 5.67. The molecule has 0 radical (unpaired) electrons. The van der Waals surface area contributed by atoms with Crippen molar-refractivity contribution in [3.8, 4) is 17.0 Å². The molecule has 2 aromatic rings. The van der Waals surface area contributed by atoms with Gasteiger partial charge in [-0.2, -0.15) is 0 Å². The third-order valence-corrected chi connectivity index (χ3v) is 2.66. The maximum atomic E-state index is 5.67. The molecule has 3 nitrogen and oxygen atoms in total. The number of imidazole rings is 1. The highest BCUT2D eigenvalue weighted by Gasteiger charge is 2.20. The van der Waals surface area contributed by atoms with Crippen LogP contribution in [0, 0.1) is 13.8 Å². The Labute approximate surface area is 116 Å². The average molecular weight is 260 g/mol. The van der Waals surface area contributed by atoms with Crippen molar-refractivity contribution in [2.24, 2.45) is 0 Å². The van der Waals surface area contributed by atoms with Gasteiger partial charge < -0.3 is 9.72 Å². The van der Waals surface area contributed by atoms with Gasteiger partial charge in [-0.25, -0.2) is 4.98 Å². The maximum absolute atomic E-state index is 5.67. The predicted octanol–water partition coefficient (Wildman–Crippen LogP) is 4.64. The zero-order chi connectivity index (χ0) is 14.4. The lowest BCUT2D eigenvalue weighted by molar-refractivity contribution is 0.297. The number of H-pyrrole nitrogens is 1. The molecule has 0 aliphatic carbocycles. The zero-order valence-electron chi connectivity index (χ0n) is 12.8. The number of aromatic nitrogens is 2. The molecule has 0 spiro atoms. The molecule has 1 aliphatic rings. The van der Waals surface area contributed by atoms with Gasteiger partial charge in [-0.05, 0) is 31.5 Å². The minimum Gasteiger partial charge on any atom is -0.487 e. The van der Waals surface area contributed by atoms with Gasteiger partial charge in [-0.15, -0.1) is 0 Å². The van der Waals surface area contributed by atoms with Crippen LogP contribution in [0.5, 0.6) is 5.75 Å². The quantitative estimate of drug-likeness (QED) is 0.749. The molecular weight excluding hydrogens is 236 g/mol. The molecular formula is C16H24N2O. The molecule has 0 saturated carbocycles. The first-order valence-electron chi connectivity index (χ1n) is 7.03. The number of fused-ring (bicyclic) bond motifs is 3. The van der Waals surface area contributed by atoms with Crippen molar-refractivity contribution in [2.75, 3.05) is 0 Å². The lowest BCUT2D eigenvalue weighted by atomic mass is 10.0. The number of hydrogen-bond donors (Lipinski definition) is 1. The molecule has 3 rings (SSSR count). The molecule has 1 aromatic heterocycles. The van der Waals surface area contributed by atoms with Crippen molar-refractivity contribution in [3.63, 3.8) is 0 Å². The van der Waals surface area contributed by atoms with Gasteiger partial charge in [-0.1, -0.05) is 33.8 Å². The van der Waals surface area contributed by atoms with E-state index in [-0.39, 0.29) is 0 Å². The van der Waals surface area contributed by atoms with E-state index in [0.29, 0.717) is 6.61 Å². The topological polar surface area (TPSA) is 37.9 Å². The number of ether oxygens (including phenoxy) is 1. The third-order valence-electron chi connectivity index (χ3n) is 2.66. The molecule has 0 saturated heterocycles. The summed E-state index contributed by atoms with van der Waals surface area (Å²) in [6.45, 7) is 12.6. The largest absolute Gasteiger partial charge is 0.487 e. The van der Waals surface area contributed by atoms with Crippen LogP contribution < -0.4 is 4.74 Å². The standard InChI is InChI=1S/C12H12N2O.2C2H6/c1-7-3-4-9-11(5-7)15-6-10-12(9)14-8(2)13-10;2*1-2/h3-5H,6H2,1-2H3,(H,13,14);2*1-2H3. The zero-order valence-corrected chi connectivity index (χ0v) is 12.8. The second-order valence-electron chi connectivity index (χ2n) is 3.94. The normalized spacial score (nSPS) is 10.8. The van der Waals surface area contributed by atoms with Crippen LogP contribution in [0.3, 0.4) is 0 Å². The van der Waals surface area contributed by atoms with Crippen molar-refractivity contribution in [3.05, 3.63) is 35.3 Å². The highest BCUT2D eigenvalue weighted by atomic mass is 16.5. The molecule has 1 aliphatic heterocycles. The van der Waals surface area contributed by atoms with E-state index < -0.39 is 0 Å². The molecule has 0 amide bonds. The van der Waals surface area contributed by atoms with Crippen LogP contribution in [0.4, 0.5) is 0 Å². The van der Waals surface area contributed by atoms with Crippen molar-refractivity contribution in [1.82, 2.24) is 9.97 Å². The molecule has 1 N–H and O–H groups in total. The number of hydrogen-bond acceptors (Lipinski definition) is 2. The van der Waals surface area contributed by atoms with Crippen LogP contribution in [-0.4, -0.2) is 9.97 Å². The molecule has 3 heteroatoms. The summed E-state index contributed by atoms with van der Waals surface area (Å²) >= 11 is 0. The Morgan fingerprint density at radius 3 is 2.47 bits per heavy atom. The number of nitrogens with zero attached hydrogens (tertiary/aromatic N) is 1. The van der Waals surface area contributed by atoms with Crippen molar-refractivity contribution >= 4 is 0 Å². The predicted molar refractivity (Wildman–Crippen MR) is 80.5 cm³/mol. The summed E-state index contributed by atoms with van der Waals surface area (Å²) in [6, 6.07) is 6.21. The van der Waals surface area contributed by atoms with Crippen LogP contribution >= 0.6 is 0 Å². The third kappa shape index (κ3) is 3.16. The van der Waals surface area contributed by atoms with Gasteiger partial charge in [0.05, 0.1) is 11.4 Å². The van der Waals surface area contributed by atoms with E-state index in [9.17, 15) is 0 Å². The van der Waals surface area contributed by atoms with E-state index in [1.165, 1.54) is 5.56 Å². The number of benzene rings is 1. The molecule has 104 valence electrons. The molecule has 19 heavy (non-hydrogen) atoms. The fourth-order valence-corrected chi connectivity index (χ4v) is 1.96. The minimum absolute atomic E-state index is 0.590. The Morgan fingerprint density at radius 1 is 1.11 bits per heavy atom. The van der Waals surface area contributed by atoms with Crippen molar-refractivity contribution in [1.29, 1.82) is 0 Å². The van der Waals surface area contributed by atoms with Crippen LogP contribution in [0.2, 0.25) is 0 Å². The number of aryl methyl sites for hydroxylation is 2. The Balaban J connectivity index is 0.000000415. The van der Waals surface area contributed by atoms with Gasteiger partial charge in [0.1, 0.15) is 18.2 Å². The molecule has 0 unspecified atom stereocenters. The second-order valence-corrected chi connectivity index (χ2v) is 3.94. The van der Waals surface area contributed by atoms with E-state index in [0.717, 1.165) is 28.5 Å². The minimum atomic E-state index is 0.590. The van der Waals surface area contributed by atoms with Gasteiger partial charge in [0.25, 0.3) is 0 Å². The number of nitrogens with one attached hydrogen (secondary N) is 1. The van der Waals surface area contributed by atoms with E-state index in [1.54, 1.807) is 0 Å². The van der Waals surface area contributed by atoms with Crippen molar-refractivity contribution in [2.45, 2.75) is 48.1 Å². The SMILES string of the molecule is CC.CC.Cc1ccc2c(c1)OCc1[nH]c(C)nc1-2. The molecule has 1 aromatic carbocycles. The molecule has 0 bridgehead atoms. The van der Waals surface area contributed by atoms with Gasteiger partial charge in [0, 0.05) is 5.56 Å². The molecule has 0 atom stereocenters. The Hall–Kier alpha value is -1.77. The Morgan fingerprint density at radius 2 is 1.79 bits per heavy atom. The highest BCUT2D eigenvalue weighted by Crippen LogP contribution is 2.36. The lowest BCUT2D eigenvalue weighted by Gasteiger charge is -2.16. The second kappa shape index (κ2) is 6.98. The summed E-state index contributed by atoms with van der Waals surface area (Å²) in [5.74, 6) is 1.88. The number of rotatable bonds is 0. The van der Waals surface area contributed by atoms with E-state index in [1.807, 2.05) is 34.6 Å². The summed E-state index contributed by atoms with van der Waals surface area (Å²) in [7, 11) is 0. The van der Waals surface area contributed by atoms with Gasteiger partial charge >= 0.3 is 0 Å². The van der Waals surface area contributed by atoms with Crippen LogP contribution in [0.15, 0.2) is 18.2 Å². The fourth-order valence-electron chi connectivity index (χ4n) is 1.96. The van der Waals surface area contributed by atoms with Crippen molar-refractivity contribution < 1.29 is 4.74 Å². The lowest BCUT2D eigenvalue weighted by Crippen LogP contribution is -2.05. The maximum Gasteiger partial charge on any atom is 0.130 e. The fraction of sp³-hybridized carbons (Fsp3) is 0.438. The summed E-state index contributed by atoms with van der Waals surface area (Å²) in [5, 5.41) is 0. The van der Waals surface area contributed by atoms with Gasteiger partial charge in [-0.3, -0.25) is 0 Å². The monoisotopic (exact) mass is 260 g/mol. The van der Waals surface area contributed by atoms with Crippen LogP contribution in [0.1, 0.15) is 44.8 Å². The Kier molecular flexibility index (Phi) is 5.61.